The van der Waals surface area contributed by atoms with Crippen molar-refractivity contribution in [1.82, 2.24) is 19.9 Å². The fraction of sp³-hybridized carbons (Fsp3) is 0.312. The molecule has 0 radical (unpaired) electrons. The standard InChI is InChI=1S/C16H17N5O5/c1-4-24-15(22)9-8(3)26-14(10(9)16(23)25-5-2)21-13-11-12(18-6-17-11)19-7-20-13/h6-7H,4-5H2,1-3H3,(H2,17,18,19,20,21). The van der Waals surface area contributed by atoms with E-state index in [1.807, 2.05) is 0 Å². The van der Waals surface area contributed by atoms with Crippen LogP contribution in [0.5, 0.6) is 0 Å². The molecule has 0 saturated heterocycles. The summed E-state index contributed by atoms with van der Waals surface area (Å²) in [5.41, 5.74) is 0.930. The minimum Gasteiger partial charge on any atom is -0.462 e. The van der Waals surface area contributed by atoms with E-state index < -0.39 is 11.9 Å². The number of furan rings is 1. The molecule has 10 nitrogen and oxygen atoms in total. The van der Waals surface area contributed by atoms with Gasteiger partial charge in [-0.05, 0) is 20.8 Å². The van der Waals surface area contributed by atoms with Crippen molar-refractivity contribution in [3.05, 3.63) is 29.5 Å². The van der Waals surface area contributed by atoms with Gasteiger partial charge >= 0.3 is 11.9 Å². The van der Waals surface area contributed by atoms with Crippen molar-refractivity contribution >= 4 is 34.8 Å². The zero-order chi connectivity index (χ0) is 18.7. The van der Waals surface area contributed by atoms with Gasteiger partial charge in [0, 0.05) is 0 Å². The van der Waals surface area contributed by atoms with Crippen molar-refractivity contribution in [1.29, 1.82) is 0 Å². The van der Waals surface area contributed by atoms with Gasteiger partial charge in [-0.15, -0.1) is 0 Å². The van der Waals surface area contributed by atoms with Gasteiger partial charge in [-0.2, -0.15) is 0 Å². The van der Waals surface area contributed by atoms with Crippen molar-refractivity contribution in [2.75, 3.05) is 18.5 Å². The zero-order valence-corrected chi connectivity index (χ0v) is 14.5. The molecule has 0 atom stereocenters. The van der Waals surface area contributed by atoms with Crippen LogP contribution in [0, 0.1) is 6.92 Å². The van der Waals surface area contributed by atoms with E-state index in [0.29, 0.717) is 17.0 Å². The van der Waals surface area contributed by atoms with E-state index in [1.165, 1.54) is 12.7 Å². The van der Waals surface area contributed by atoms with Gasteiger partial charge in [0.1, 0.15) is 28.7 Å². The Labute approximate surface area is 147 Å². The minimum absolute atomic E-state index is 0.0164. The van der Waals surface area contributed by atoms with Crippen LogP contribution in [0.15, 0.2) is 17.1 Å². The van der Waals surface area contributed by atoms with Crippen molar-refractivity contribution in [3.63, 3.8) is 0 Å². The number of hydrogen-bond donors (Lipinski definition) is 2. The first-order valence-corrected chi connectivity index (χ1v) is 7.95. The largest absolute Gasteiger partial charge is 0.462 e. The van der Waals surface area contributed by atoms with Gasteiger partial charge < -0.3 is 24.2 Å². The Morgan fingerprint density at radius 3 is 2.50 bits per heavy atom. The summed E-state index contributed by atoms with van der Waals surface area (Å²) in [5.74, 6) is -0.784. The van der Waals surface area contributed by atoms with Crippen LogP contribution in [-0.2, 0) is 9.47 Å². The predicted octanol–water partition coefficient (Wildman–Crippen LogP) is 2.35. The Balaban J connectivity index is 2.08. The number of carbonyl (C=O) groups is 2. The van der Waals surface area contributed by atoms with E-state index in [-0.39, 0.29) is 36.0 Å². The van der Waals surface area contributed by atoms with E-state index >= 15 is 0 Å². The lowest BCUT2D eigenvalue weighted by atomic mass is 10.1. The van der Waals surface area contributed by atoms with Gasteiger partial charge in [-0.1, -0.05) is 0 Å². The Bertz CT molecular complexity index is 961. The zero-order valence-electron chi connectivity index (χ0n) is 14.5. The summed E-state index contributed by atoms with van der Waals surface area (Å²) < 4.78 is 15.7. The smallest absolute Gasteiger partial charge is 0.344 e. The van der Waals surface area contributed by atoms with Crippen LogP contribution in [0.25, 0.3) is 11.2 Å². The van der Waals surface area contributed by atoms with E-state index in [9.17, 15) is 9.59 Å². The number of carbonyl (C=O) groups excluding carboxylic acids is 2. The van der Waals surface area contributed by atoms with E-state index in [2.05, 4.69) is 25.3 Å². The molecule has 0 aromatic carbocycles. The van der Waals surface area contributed by atoms with Crippen LogP contribution in [0.1, 0.15) is 40.3 Å². The Kier molecular flexibility index (Phi) is 4.83. The third kappa shape index (κ3) is 3.08. The number of anilines is 2. The fourth-order valence-corrected chi connectivity index (χ4v) is 2.45. The summed E-state index contributed by atoms with van der Waals surface area (Å²) in [5, 5.41) is 2.90. The molecule has 0 bridgehead atoms. The molecular weight excluding hydrogens is 342 g/mol. The van der Waals surface area contributed by atoms with Crippen LogP contribution in [0.4, 0.5) is 11.7 Å². The molecule has 26 heavy (non-hydrogen) atoms. The Hall–Kier alpha value is -3.43. The highest BCUT2D eigenvalue weighted by Gasteiger charge is 2.31. The van der Waals surface area contributed by atoms with Gasteiger partial charge in [0.2, 0.25) is 5.88 Å². The summed E-state index contributed by atoms with van der Waals surface area (Å²) in [4.78, 5) is 39.8. The van der Waals surface area contributed by atoms with Crippen LogP contribution in [0.2, 0.25) is 0 Å². The highest BCUT2D eigenvalue weighted by Crippen LogP contribution is 2.31. The quantitative estimate of drug-likeness (QED) is 0.636. The summed E-state index contributed by atoms with van der Waals surface area (Å²) in [6, 6.07) is 0. The van der Waals surface area contributed by atoms with Crippen LogP contribution in [0.3, 0.4) is 0 Å². The summed E-state index contributed by atoms with van der Waals surface area (Å²) in [6.45, 7) is 5.21. The fourth-order valence-electron chi connectivity index (χ4n) is 2.45. The van der Waals surface area contributed by atoms with Crippen molar-refractivity contribution in [2.24, 2.45) is 0 Å². The van der Waals surface area contributed by atoms with Gasteiger partial charge in [0.25, 0.3) is 0 Å². The molecule has 2 N–H and O–H groups in total. The normalized spacial score (nSPS) is 10.7. The second-order valence-corrected chi connectivity index (χ2v) is 5.13. The lowest BCUT2D eigenvalue weighted by molar-refractivity contribution is 0.0480. The number of H-pyrrole nitrogens is 1. The number of hydrogen-bond acceptors (Lipinski definition) is 9. The maximum absolute atomic E-state index is 12.4. The van der Waals surface area contributed by atoms with E-state index in [0.717, 1.165) is 0 Å². The number of aromatic nitrogens is 4. The number of aromatic amines is 1. The summed E-state index contributed by atoms with van der Waals surface area (Å²) in [6.07, 6.45) is 2.78. The average molecular weight is 359 g/mol. The average Bonchev–Trinajstić information content (AvgIpc) is 3.20. The number of ether oxygens (including phenoxy) is 2. The number of fused-ring (bicyclic) bond motifs is 1. The lowest BCUT2D eigenvalue weighted by Gasteiger charge is -2.07. The first-order chi connectivity index (χ1) is 12.6. The highest BCUT2D eigenvalue weighted by atomic mass is 16.5. The van der Waals surface area contributed by atoms with E-state index in [1.54, 1.807) is 20.8 Å². The minimum atomic E-state index is -0.704. The molecule has 0 aliphatic rings. The first-order valence-electron chi connectivity index (χ1n) is 7.95. The maximum Gasteiger partial charge on any atom is 0.344 e. The van der Waals surface area contributed by atoms with Crippen LogP contribution < -0.4 is 5.32 Å². The lowest BCUT2D eigenvalue weighted by Crippen LogP contribution is -2.14. The van der Waals surface area contributed by atoms with Crippen molar-refractivity contribution < 1.29 is 23.5 Å². The van der Waals surface area contributed by atoms with Crippen LogP contribution in [-0.4, -0.2) is 45.1 Å². The SMILES string of the molecule is CCOC(=O)c1c(C)oc(Nc2ncnc3nc[nH]c23)c1C(=O)OCC. The molecule has 10 heteroatoms. The number of imidazole rings is 1. The van der Waals surface area contributed by atoms with Gasteiger partial charge in [-0.3, -0.25) is 0 Å². The molecule has 0 fully saturated rings. The third-order valence-electron chi connectivity index (χ3n) is 3.50. The number of nitrogens with zero attached hydrogens (tertiary/aromatic N) is 3. The molecule has 0 amide bonds. The molecule has 3 aromatic heterocycles. The summed E-state index contributed by atoms with van der Waals surface area (Å²) in [7, 11) is 0. The summed E-state index contributed by atoms with van der Waals surface area (Å²) >= 11 is 0. The van der Waals surface area contributed by atoms with Gasteiger partial charge in [-0.25, -0.2) is 24.5 Å². The number of aryl methyl sites for hydroxylation is 1. The number of esters is 2. The highest BCUT2D eigenvalue weighted by molar-refractivity contribution is 6.08. The van der Waals surface area contributed by atoms with Gasteiger partial charge in [0.05, 0.1) is 19.5 Å². The molecular formula is C16H17N5O5. The molecule has 3 aromatic rings. The number of nitrogens with one attached hydrogen (secondary N) is 2. The topological polar surface area (TPSA) is 132 Å². The molecule has 3 heterocycles. The van der Waals surface area contributed by atoms with Crippen molar-refractivity contribution in [3.8, 4) is 0 Å². The van der Waals surface area contributed by atoms with Crippen LogP contribution >= 0.6 is 0 Å². The molecule has 0 saturated carbocycles. The molecule has 0 unspecified atom stereocenters. The predicted molar refractivity (Wildman–Crippen MR) is 90.3 cm³/mol. The third-order valence-corrected chi connectivity index (χ3v) is 3.50. The maximum atomic E-state index is 12.4. The first kappa shape index (κ1) is 17.4. The molecule has 0 spiro atoms. The second kappa shape index (κ2) is 7.21. The molecule has 136 valence electrons. The number of rotatable bonds is 6. The van der Waals surface area contributed by atoms with E-state index in [4.69, 9.17) is 13.9 Å². The van der Waals surface area contributed by atoms with Crippen molar-refractivity contribution in [2.45, 2.75) is 20.8 Å². The monoisotopic (exact) mass is 359 g/mol. The second-order valence-electron chi connectivity index (χ2n) is 5.13. The molecule has 3 rings (SSSR count). The Morgan fingerprint density at radius 1 is 1.12 bits per heavy atom. The Morgan fingerprint density at radius 2 is 1.81 bits per heavy atom. The molecule has 0 aliphatic carbocycles. The van der Waals surface area contributed by atoms with Gasteiger partial charge in [0.15, 0.2) is 11.5 Å². The molecule has 0 aliphatic heterocycles.